The molecular weight excluding hydrogens is 398 g/mol. The maximum atomic E-state index is 12.9. The Balaban J connectivity index is 1.60. The zero-order valence-electron chi connectivity index (χ0n) is 16.5. The smallest absolute Gasteiger partial charge is 0.318 e. The number of carbonyl (C=O) groups excluding carboxylic acids is 1. The molecule has 1 aromatic rings. The molecule has 1 aromatic heterocycles. The lowest BCUT2D eigenvalue weighted by Gasteiger charge is -2.55. The molecule has 0 atom stereocenters. The predicted octanol–water partition coefficient (Wildman–Crippen LogP) is 3.37. The molecule has 2 heterocycles. The second-order valence-electron chi connectivity index (χ2n) is 7.34. The van der Waals surface area contributed by atoms with Crippen LogP contribution in [-0.4, -0.2) is 73.5 Å². The van der Waals surface area contributed by atoms with E-state index in [1.54, 1.807) is 11.0 Å². The van der Waals surface area contributed by atoms with Crippen molar-refractivity contribution in [2.75, 3.05) is 46.0 Å². The standard InChI is InChI=1S/C20H30ClN3O3S/c1-3-7-23(14-17-5-6-18(21)28-17)19(25)22-15-20(12-16(13-20)27-4-2)24-8-10-26-11-9-24/h3,5-6,16H,1,4,7-15H2,2H3,(H,22,25). The number of hydrogen-bond acceptors (Lipinski definition) is 5. The molecule has 1 aliphatic heterocycles. The molecule has 156 valence electrons. The van der Waals surface area contributed by atoms with E-state index in [1.807, 2.05) is 19.1 Å². The minimum Gasteiger partial charge on any atom is -0.379 e. The van der Waals surface area contributed by atoms with Crippen molar-refractivity contribution in [2.45, 2.75) is 38.0 Å². The number of rotatable bonds is 9. The number of nitrogens with one attached hydrogen (secondary N) is 1. The van der Waals surface area contributed by atoms with Gasteiger partial charge in [-0.1, -0.05) is 17.7 Å². The number of morpholine rings is 1. The number of ether oxygens (including phenoxy) is 2. The SMILES string of the molecule is C=CCN(Cc1ccc(Cl)s1)C(=O)NCC1(N2CCOCC2)CC(OCC)C1. The summed E-state index contributed by atoms with van der Waals surface area (Å²) in [5, 5.41) is 3.17. The molecule has 1 aliphatic carbocycles. The van der Waals surface area contributed by atoms with E-state index in [2.05, 4.69) is 16.8 Å². The minimum absolute atomic E-state index is 0.0363. The molecule has 2 fully saturated rings. The number of halogens is 1. The van der Waals surface area contributed by atoms with Gasteiger partial charge in [0.2, 0.25) is 0 Å². The van der Waals surface area contributed by atoms with Crippen LogP contribution in [0.5, 0.6) is 0 Å². The van der Waals surface area contributed by atoms with Crippen LogP contribution < -0.4 is 5.32 Å². The van der Waals surface area contributed by atoms with Gasteiger partial charge in [0.05, 0.1) is 30.2 Å². The minimum atomic E-state index is -0.0723. The second kappa shape index (κ2) is 10.1. The van der Waals surface area contributed by atoms with Crippen molar-refractivity contribution in [3.63, 3.8) is 0 Å². The molecular formula is C20H30ClN3O3S. The Labute approximate surface area is 176 Å². The first-order chi connectivity index (χ1) is 13.6. The predicted molar refractivity (Wildman–Crippen MR) is 113 cm³/mol. The van der Waals surface area contributed by atoms with Gasteiger partial charge in [0.1, 0.15) is 0 Å². The van der Waals surface area contributed by atoms with Crippen LogP contribution >= 0.6 is 22.9 Å². The average molecular weight is 428 g/mol. The molecule has 2 amide bonds. The van der Waals surface area contributed by atoms with Crippen molar-refractivity contribution in [3.05, 3.63) is 34.0 Å². The summed E-state index contributed by atoms with van der Waals surface area (Å²) in [6, 6.07) is 3.75. The van der Waals surface area contributed by atoms with E-state index < -0.39 is 0 Å². The van der Waals surface area contributed by atoms with Gasteiger partial charge in [0.15, 0.2) is 0 Å². The summed E-state index contributed by atoms with van der Waals surface area (Å²) in [7, 11) is 0. The molecule has 1 N–H and O–H groups in total. The Bertz CT molecular complexity index is 657. The van der Waals surface area contributed by atoms with E-state index in [0.29, 0.717) is 19.6 Å². The quantitative estimate of drug-likeness (QED) is 0.614. The van der Waals surface area contributed by atoms with Gasteiger partial charge < -0.3 is 19.7 Å². The molecule has 2 aliphatic rings. The fourth-order valence-corrected chi connectivity index (χ4v) is 5.15. The molecule has 0 spiro atoms. The molecule has 8 heteroatoms. The van der Waals surface area contributed by atoms with E-state index in [1.165, 1.54) is 11.3 Å². The normalized spacial score (nSPS) is 25.1. The summed E-state index contributed by atoms with van der Waals surface area (Å²) in [6.07, 6.45) is 3.93. The molecule has 1 saturated carbocycles. The van der Waals surface area contributed by atoms with Gasteiger partial charge in [-0.3, -0.25) is 4.90 Å². The summed E-state index contributed by atoms with van der Waals surface area (Å²) in [5.41, 5.74) is -0.0363. The third kappa shape index (κ3) is 5.27. The summed E-state index contributed by atoms with van der Waals surface area (Å²) >= 11 is 7.52. The number of urea groups is 1. The largest absolute Gasteiger partial charge is 0.379 e. The molecule has 0 aromatic carbocycles. The molecule has 6 nitrogen and oxygen atoms in total. The van der Waals surface area contributed by atoms with Crippen LogP contribution in [0.15, 0.2) is 24.8 Å². The van der Waals surface area contributed by atoms with Gasteiger partial charge in [0.25, 0.3) is 0 Å². The van der Waals surface area contributed by atoms with Crippen LogP contribution in [-0.2, 0) is 16.0 Å². The monoisotopic (exact) mass is 427 g/mol. The van der Waals surface area contributed by atoms with Crippen molar-refractivity contribution >= 4 is 29.0 Å². The lowest BCUT2D eigenvalue weighted by molar-refractivity contribution is -0.124. The van der Waals surface area contributed by atoms with E-state index in [-0.39, 0.29) is 17.7 Å². The average Bonchev–Trinajstić information content (AvgIpc) is 3.08. The maximum Gasteiger partial charge on any atom is 0.318 e. The topological polar surface area (TPSA) is 54.0 Å². The highest BCUT2D eigenvalue weighted by Gasteiger charge is 2.49. The van der Waals surface area contributed by atoms with Gasteiger partial charge >= 0.3 is 6.03 Å². The van der Waals surface area contributed by atoms with Crippen molar-refractivity contribution in [2.24, 2.45) is 0 Å². The van der Waals surface area contributed by atoms with Crippen LogP contribution in [0.25, 0.3) is 0 Å². The number of amides is 2. The fraction of sp³-hybridized carbons (Fsp3) is 0.650. The van der Waals surface area contributed by atoms with Crippen molar-refractivity contribution in [1.82, 2.24) is 15.1 Å². The van der Waals surface area contributed by atoms with Crippen LogP contribution in [0.2, 0.25) is 4.34 Å². The highest BCUT2D eigenvalue weighted by atomic mass is 35.5. The van der Waals surface area contributed by atoms with Gasteiger partial charge in [0, 0.05) is 43.2 Å². The first kappa shape index (κ1) is 21.6. The Morgan fingerprint density at radius 2 is 2.25 bits per heavy atom. The van der Waals surface area contributed by atoms with E-state index in [0.717, 1.165) is 55.0 Å². The van der Waals surface area contributed by atoms with Gasteiger partial charge in [-0.15, -0.1) is 17.9 Å². The number of thiophene rings is 1. The molecule has 0 unspecified atom stereocenters. The Morgan fingerprint density at radius 1 is 1.50 bits per heavy atom. The summed E-state index contributed by atoms with van der Waals surface area (Å²) in [6.45, 7) is 11.5. The van der Waals surface area contributed by atoms with E-state index in [4.69, 9.17) is 21.1 Å². The fourth-order valence-electron chi connectivity index (χ4n) is 4.05. The Kier molecular flexibility index (Phi) is 7.77. The Morgan fingerprint density at radius 3 is 2.86 bits per heavy atom. The summed E-state index contributed by atoms with van der Waals surface area (Å²) in [4.78, 5) is 18.2. The lowest BCUT2D eigenvalue weighted by Crippen LogP contribution is -2.67. The lowest BCUT2D eigenvalue weighted by atomic mass is 9.72. The summed E-state index contributed by atoms with van der Waals surface area (Å²) < 4.78 is 12.0. The van der Waals surface area contributed by atoms with Crippen LogP contribution in [0.4, 0.5) is 4.79 Å². The second-order valence-corrected chi connectivity index (χ2v) is 9.14. The number of nitrogens with zero attached hydrogens (tertiary/aromatic N) is 2. The van der Waals surface area contributed by atoms with Crippen LogP contribution in [0.3, 0.4) is 0 Å². The third-order valence-electron chi connectivity index (χ3n) is 5.48. The molecule has 0 radical (unpaired) electrons. The number of hydrogen-bond donors (Lipinski definition) is 1. The molecule has 1 saturated heterocycles. The highest BCUT2D eigenvalue weighted by molar-refractivity contribution is 7.16. The zero-order valence-corrected chi connectivity index (χ0v) is 18.1. The van der Waals surface area contributed by atoms with Crippen molar-refractivity contribution in [3.8, 4) is 0 Å². The third-order valence-corrected chi connectivity index (χ3v) is 6.70. The van der Waals surface area contributed by atoms with E-state index in [9.17, 15) is 4.79 Å². The first-order valence-corrected chi connectivity index (χ1v) is 11.1. The van der Waals surface area contributed by atoms with Crippen LogP contribution in [0, 0.1) is 0 Å². The molecule has 3 rings (SSSR count). The number of carbonyl (C=O) groups is 1. The first-order valence-electron chi connectivity index (χ1n) is 9.88. The van der Waals surface area contributed by atoms with Crippen molar-refractivity contribution in [1.29, 1.82) is 0 Å². The van der Waals surface area contributed by atoms with Gasteiger partial charge in [-0.25, -0.2) is 4.79 Å². The van der Waals surface area contributed by atoms with Gasteiger partial charge in [-0.2, -0.15) is 0 Å². The van der Waals surface area contributed by atoms with Crippen molar-refractivity contribution < 1.29 is 14.3 Å². The van der Waals surface area contributed by atoms with E-state index >= 15 is 0 Å². The Hall–Kier alpha value is -1.12. The zero-order chi connectivity index (χ0) is 20.0. The highest BCUT2D eigenvalue weighted by Crippen LogP contribution is 2.40. The van der Waals surface area contributed by atoms with Crippen LogP contribution in [0.1, 0.15) is 24.6 Å². The molecule has 0 bridgehead atoms. The van der Waals surface area contributed by atoms with Gasteiger partial charge in [-0.05, 0) is 31.9 Å². The maximum absolute atomic E-state index is 12.9. The molecule has 28 heavy (non-hydrogen) atoms. The summed E-state index contributed by atoms with van der Waals surface area (Å²) in [5.74, 6) is 0.